The molecule has 1 aromatic carbocycles. The Bertz CT molecular complexity index is 1520. The standard InChI is InChI=1S/C27H30FN3O6S/c1-6-38(35,36)16-17-11-21(24(29-13-17)25(33)18-7-9-20(28)10-8-18)22-15-31(5)23(32)12-19(22)14-30-26(34)37-27(2,3)4/h7-13,15H,6,14,16H2,1-5H3,(H,30,34). The lowest BCUT2D eigenvalue weighted by molar-refractivity contribution is 0.0523. The maximum Gasteiger partial charge on any atom is 0.407 e. The number of aryl methyl sites for hydroxylation is 1. The number of pyridine rings is 2. The summed E-state index contributed by atoms with van der Waals surface area (Å²) in [5, 5.41) is 2.61. The summed E-state index contributed by atoms with van der Waals surface area (Å²) in [5.41, 5.74) is 0.410. The van der Waals surface area contributed by atoms with E-state index in [1.165, 1.54) is 55.2 Å². The maximum atomic E-state index is 13.5. The minimum Gasteiger partial charge on any atom is -0.444 e. The fraction of sp³-hybridized carbons (Fsp3) is 0.333. The Morgan fingerprint density at radius 1 is 1.11 bits per heavy atom. The van der Waals surface area contributed by atoms with Crippen LogP contribution in [0.3, 0.4) is 0 Å². The number of aromatic nitrogens is 2. The minimum atomic E-state index is -3.42. The number of alkyl carbamates (subject to hydrolysis) is 1. The van der Waals surface area contributed by atoms with Gasteiger partial charge in [0.05, 0.1) is 5.75 Å². The molecule has 0 aliphatic rings. The average Bonchev–Trinajstić information content (AvgIpc) is 2.83. The summed E-state index contributed by atoms with van der Waals surface area (Å²) in [6.07, 6.45) is 2.10. The number of ether oxygens (including phenoxy) is 1. The van der Waals surface area contributed by atoms with Gasteiger partial charge >= 0.3 is 6.09 Å². The van der Waals surface area contributed by atoms with Gasteiger partial charge in [-0.25, -0.2) is 17.6 Å². The van der Waals surface area contributed by atoms with Crippen molar-refractivity contribution < 1.29 is 27.1 Å². The molecule has 0 fully saturated rings. The van der Waals surface area contributed by atoms with Crippen molar-refractivity contribution in [2.45, 2.75) is 45.6 Å². The lowest BCUT2D eigenvalue weighted by atomic mass is 9.95. The molecule has 9 nitrogen and oxygen atoms in total. The molecule has 0 saturated heterocycles. The number of nitrogens with one attached hydrogen (secondary N) is 1. The van der Waals surface area contributed by atoms with E-state index in [4.69, 9.17) is 4.74 Å². The number of amides is 1. The maximum absolute atomic E-state index is 13.5. The van der Waals surface area contributed by atoms with Crippen LogP contribution in [0.25, 0.3) is 11.1 Å². The van der Waals surface area contributed by atoms with E-state index in [-0.39, 0.29) is 40.4 Å². The van der Waals surface area contributed by atoms with Crippen LogP contribution in [-0.2, 0) is 33.9 Å². The molecule has 38 heavy (non-hydrogen) atoms. The van der Waals surface area contributed by atoms with Crippen molar-refractivity contribution >= 4 is 21.7 Å². The molecule has 0 aliphatic heterocycles. The summed E-state index contributed by atoms with van der Waals surface area (Å²) in [7, 11) is -1.90. The molecular formula is C27H30FN3O6S. The molecule has 0 radical (unpaired) electrons. The van der Waals surface area contributed by atoms with Crippen molar-refractivity contribution in [1.82, 2.24) is 14.9 Å². The van der Waals surface area contributed by atoms with E-state index in [1.807, 2.05) is 0 Å². The van der Waals surface area contributed by atoms with Gasteiger partial charge in [0, 0.05) is 54.5 Å². The van der Waals surface area contributed by atoms with E-state index in [0.29, 0.717) is 16.7 Å². The zero-order chi connectivity index (χ0) is 28.3. The fourth-order valence-electron chi connectivity index (χ4n) is 3.61. The predicted molar refractivity (Wildman–Crippen MR) is 141 cm³/mol. The first kappa shape index (κ1) is 28.7. The normalized spacial score (nSPS) is 11.7. The molecule has 1 N–H and O–H groups in total. The van der Waals surface area contributed by atoms with Gasteiger partial charge in [-0.15, -0.1) is 0 Å². The van der Waals surface area contributed by atoms with Gasteiger partial charge in [-0.05, 0) is 62.2 Å². The highest BCUT2D eigenvalue weighted by molar-refractivity contribution is 7.90. The van der Waals surface area contributed by atoms with Gasteiger partial charge in [-0.3, -0.25) is 14.6 Å². The smallest absolute Gasteiger partial charge is 0.407 e. The Labute approximate surface area is 220 Å². The first-order valence-electron chi connectivity index (χ1n) is 11.9. The molecule has 0 spiro atoms. The first-order valence-corrected chi connectivity index (χ1v) is 13.7. The van der Waals surface area contributed by atoms with E-state index in [9.17, 15) is 27.2 Å². The largest absolute Gasteiger partial charge is 0.444 e. The quantitative estimate of drug-likeness (QED) is 0.429. The number of nitrogens with zero attached hydrogens (tertiary/aromatic N) is 2. The molecule has 0 saturated carbocycles. The number of carbonyl (C=O) groups is 2. The third-order valence-electron chi connectivity index (χ3n) is 5.52. The highest BCUT2D eigenvalue weighted by atomic mass is 32.2. The number of rotatable bonds is 8. The highest BCUT2D eigenvalue weighted by Gasteiger charge is 2.22. The zero-order valence-corrected chi connectivity index (χ0v) is 22.7. The third-order valence-corrected chi connectivity index (χ3v) is 7.17. The molecule has 0 atom stereocenters. The SMILES string of the molecule is CCS(=O)(=O)Cc1cnc(C(=O)c2ccc(F)cc2)c(-c2cn(C)c(=O)cc2CNC(=O)OC(C)(C)C)c1. The Morgan fingerprint density at radius 3 is 2.37 bits per heavy atom. The van der Waals surface area contributed by atoms with Crippen LogP contribution in [0.15, 0.2) is 53.6 Å². The van der Waals surface area contributed by atoms with Crippen LogP contribution in [0.2, 0.25) is 0 Å². The van der Waals surface area contributed by atoms with Crippen LogP contribution in [-0.4, -0.2) is 41.2 Å². The number of ketones is 1. The summed E-state index contributed by atoms with van der Waals surface area (Å²) >= 11 is 0. The van der Waals surface area contributed by atoms with Gasteiger partial charge in [-0.1, -0.05) is 6.92 Å². The van der Waals surface area contributed by atoms with Crippen molar-refractivity contribution in [3.63, 3.8) is 0 Å². The monoisotopic (exact) mass is 543 g/mol. The van der Waals surface area contributed by atoms with Crippen LogP contribution in [0, 0.1) is 5.82 Å². The van der Waals surface area contributed by atoms with Crippen LogP contribution >= 0.6 is 0 Å². The molecule has 3 rings (SSSR count). The van der Waals surface area contributed by atoms with E-state index in [2.05, 4.69) is 10.3 Å². The topological polar surface area (TPSA) is 124 Å². The Hall–Kier alpha value is -3.86. The minimum absolute atomic E-state index is 0.0218. The van der Waals surface area contributed by atoms with Crippen LogP contribution in [0.1, 0.15) is 54.9 Å². The van der Waals surface area contributed by atoms with Gasteiger partial charge in [0.25, 0.3) is 5.56 Å². The number of halogens is 1. The summed E-state index contributed by atoms with van der Waals surface area (Å²) in [4.78, 5) is 42.5. The molecule has 202 valence electrons. The summed E-state index contributed by atoms with van der Waals surface area (Å²) in [6.45, 7) is 6.56. The van der Waals surface area contributed by atoms with Crippen molar-refractivity contribution in [2.75, 3.05) is 5.75 Å². The van der Waals surface area contributed by atoms with Crippen molar-refractivity contribution in [3.8, 4) is 11.1 Å². The molecular weight excluding hydrogens is 513 g/mol. The van der Waals surface area contributed by atoms with E-state index >= 15 is 0 Å². The van der Waals surface area contributed by atoms with Gasteiger partial charge in [0.15, 0.2) is 9.84 Å². The molecule has 0 bridgehead atoms. The summed E-state index contributed by atoms with van der Waals surface area (Å²) in [6, 6.07) is 7.80. The molecule has 1 amide bonds. The molecule has 0 aliphatic carbocycles. The van der Waals surface area contributed by atoms with E-state index in [1.54, 1.807) is 20.8 Å². The number of sulfone groups is 1. The second kappa shape index (κ2) is 11.3. The fourth-order valence-corrected chi connectivity index (χ4v) is 4.48. The molecule has 0 unspecified atom stereocenters. The number of carbonyl (C=O) groups excluding carboxylic acids is 2. The predicted octanol–water partition coefficient (Wildman–Crippen LogP) is 3.78. The Balaban J connectivity index is 2.17. The lowest BCUT2D eigenvalue weighted by Crippen LogP contribution is -2.32. The van der Waals surface area contributed by atoms with Crippen molar-refractivity contribution in [1.29, 1.82) is 0 Å². The second-order valence-electron chi connectivity index (χ2n) is 9.77. The number of hydrogen-bond donors (Lipinski definition) is 1. The van der Waals surface area contributed by atoms with Crippen LogP contribution < -0.4 is 10.9 Å². The van der Waals surface area contributed by atoms with E-state index in [0.717, 1.165) is 12.1 Å². The Kier molecular flexibility index (Phi) is 8.51. The Morgan fingerprint density at radius 2 is 1.76 bits per heavy atom. The van der Waals surface area contributed by atoms with Crippen LogP contribution in [0.4, 0.5) is 9.18 Å². The highest BCUT2D eigenvalue weighted by Crippen LogP contribution is 2.29. The number of benzene rings is 1. The third kappa shape index (κ3) is 7.34. The summed E-state index contributed by atoms with van der Waals surface area (Å²) < 4.78 is 44.7. The summed E-state index contributed by atoms with van der Waals surface area (Å²) in [5.74, 6) is -1.41. The van der Waals surface area contributed by atoms with Gasteiger partial charge < -0.3 is 14.6 Å². The molecule has 2 heterocycles. The first-order chi connectivity index (χ1) is 17.7. The van der Waals surface area contributed by atoms with Gasteiger partial charge in [-0.2, -0.15) is 0 Å². The van der Waals surface area contributed by atoms with Crippen molar-refractivity contribution in [3.05, 3.63) is 87.3 Å². The van der Waals surface area contributed by atoms with Gasteiger partial charge in [0.1, 0.15) is 17.1 Å². The molecule has 11 heteroatoms. The second-order valence-corrected chi connectivity index (χ2v) is 12.1. The van der Waals surface area contributed by atoms with Crippen LogP contribution in [0.5, 0.6) is 0 Å². The van der Waals surface area contributed by atoms with E-state index < -0.39 is 33.1 Å². The number of hydrogen-bond acceptors (Lipinski definition) is 7. The average molecular weight is 544 g/mol. The molecule has 2 aromatic heterocycles. The van der Waals surface area contributed by atoms with Gasteiger partial charge in [0.2, 0.25) is 5.78 Å². The van der Waals surface area contributed by atoms with Crippen molar-refractivity contribution in [2.24, 2.45) is 7.05 Å². The molecule has 3 aromatic rings. The lowest BCUT2D eigenvalue weighted by Gasteiger charge is -2.20. The zero-order valence-electron chi connectivity index (χ0n) is 21.9.